The molecule has 2 nitrogen and oxygen atoms in total. The highest BCUT2D eigenvalue weighted by Crippen LogP contribution is 2.17. The number of rotatable bonds is 10. The fraction of sp³-hybridized carbons (Fsp3) is 0.941. The number of carbonyl (C=O) groups is 1. The quantitative estimate of drug-likeness (QED) is 0.510. The predicted octanol–water partition coefficient (Wildman–Crippen LogP) is 5.02. The van der Waals surface area contributed by atoms with E-state index in [0.717, 1.165) is 6.42 Å². The summed E-state index contributed by atoms with van der Waals surface area (Å²) in [6, 6.07) is 0.610. The number of nitrogens with zero attached hydrogens (tertiary/aromatic N) is 1. The van der Waals surface area contributed by atoms with E-state index in [0.29, 0.717) is 18.0 Å². The van der Waals surface area contributed by atoms with Gasteiger partial charge in [0, 0.05) is 18.0 Å². The topological polar surface area (TPSA) is 20.3 Å². The van der Waals surface area contributed by atoms with Crippen molar-refractivity contribution in [3.63, 3.8) is 0 Å². The first-order chi connectivity index (χ1) is 8.91. The number of hydrogen-bond acceptors (Lipinski definition) is 1. The van der Waals surface area contributed by atoms with Crippen LogP contribution < -0.4 is 0 Å². The van der Waals surface area contributed by atoms with Gasteiger partial charge in [0.05, 0.1) is 0 Å². The highest BCUT2D eigenvalue weighted by molar-refractivity contribution is 5.79. The van der Waals surface area contributed by atoms with Crippen LogP contribution in [-0.4, -0.2) is 22.9 Å². The molecule has 0 saturated heterocycles. The molecule has 0 bridgehead atoms. The zero-order valence-corrected chi connectivity index (χ0v) is 14.0. The van der Waals surface area contributed by atoms with Gasteiger partial charge in [-0.3, -0.25) is 4.79 Å². The fourth-order valence-corrected chi connectivity index (χ4v) is 2.71. The molecule has 0 aliphatic carbocycles. The second-order valence-corrected chi connectivity index (χ2v) is 6.39. The van der Waals surface area contributed by atoms with E-state index in [-0.39, 0.29) is 5.92 Å². The van der Waals surface area contributed by atoms with E-state index in [2.05, 4.69) is 41.5 Å². The Morgan fingerprint density at radius 1 is 0.842 bits per heavy atom. The molecule has 0 rings (SSSR count). The smallest absolute Gasteiger partial charge is 0.225 e. The van der Waals surface area contributed by atoms with E-state index in [1.54, 1.807) is 0 Å². The van der Waals surface area contributed by atoms with Crippen molar-refractivity contribution in [1.82, 2.24) is 4.90 Å². The third kappa shape index (κ3) is 7.59. The maximum absolute atomic E-state index is 12.4. The van der Waals surface area contributed by atoms with Crippen LogP contribution in [0.1, 0.15) is 86.5 Å². The zero-order valence-electron chi connectivity index (χ0n) is 14.0. The molecule has 0 heterocycles. The standard InChI is InChI=1S/C17H35NO/c1-7-8-9-10-11-12-13-16(6)17(19)18(14(2)3)15(4)5/h14-16H,7-13H2,1-6H3. The van der Waals surface area contributed by atoms with E-state index in [4.69, 9.17) is 0 Å². The van der Waals surface area contributed by atoms with Gasteiger partial charge in [-0.2, -0.15) is 0 Å². The SMILES string of the molecule is CCCCCCCCC(C)C(=O)N(C(C)C)C(C)C. The van der Waals surface area contributed by atoms with Gasteiger partial charge in [0.15, 0.2) is 0 Å². The van der Waals surface area contributed by atoms with E-state index < -0.39 is 0 Å². The van der Waals surface area contributed by atoms with Gasteiger partial charge in [0.1, 0.15) is 0 Å². The lowest BCUT2D eigenvalue weighted by Gasteiger charge is -2.33. The van der Waals surface area contributed by atoms with Gasteiger partial charge in [-0.15, -0.1) is 0 Å². The van der Waals surface area contributed by atoms with Crippen molar-refractivity contribution in [2.24, 2.45) is 5.92 Å². The highest BCUT2D eigenvalue weighted by Gasteiger charge is 2.24. The van der Waals surface area contributed by atoms with E-state index in [1.807, 2.05) is 4.90 Å². The molecule has 2 heteroatoms. The van der Waals surface area contributed by atoms with Crippen molar-refractivity contribution in [3.05, 3.63) is 0 Å². The Kier molecular flexibility index (Phi) is 9.99. The van der Waals surface area contributed by atoms with Gasteiger partial charge < -0.3 is 4.90 Å². The van der Waals surface area contributed by atoms with Crippen molar-refractivity contribution >= 4 is 5.91 Å². The second kappa shape index (κ2) is 10.3. The summed E-state index contributed by atoms with van der Waals surface area (Å²) in [5.74, 6) is 0.509. The number of amides is 1. The summed E-state index contributed by atoms with van der Waals surface area (Å²) < 4.78 is 0. The first-order valence-electron chi connectivity index (χ1n) is 8.23. The molecular weight excluding hydrogens is 234 g/mol. The lowest BCUT2D eigenvalue weighted by Crippen LogP contribution is -2.44. The Bertz CT molecular complexity index is 227. The summed E-state index contributed by atoms with van der Waals surface area (Å²) in [5.41, 5.74) is 0. The average Bonchev–Trinajstić information content (AvgIpc) is 2.32. The maximum Gasteiger partial charge on any atom is 0.225 e. The summed E-state index contributed by atoms with van der Waals surface area (Å²) in [7, 11) is 0. The Hall–Kier alpha value is -0.530. The summed E-state index contributed by atoms with van der Waals surface area (Å²) in [5, 5.41) is 0. The van der Waals surface area contributed by atoms with Crippen LogP contribution in [0.15, 0.2) is 0 Å². The summed E-state index contributed by atoms with van der Waals surface area (Å²) in [4.78, 5) is 14.4. The summed E-state index contributed by atoms with van der Waals surface area (Å²) in [6.45, 7) is 12.8. The Morgan fingerprint density at radius 3 is 1.79 bits per heavy atom. The van der Waals surface area contributed by atoms with Gasteiger partial charge in [-0.25, -0.2) is 0 Å². The number of carbonyl (C=O) groups excluding carboxylic acids is 1. The van der Waals surface area contributed by atoms with Crippen LogP contribution in [0.25, 0.3) is 0 Å². The zero-order chi connectivity index (χ0) is 14.8. The number of unbranched alkanes of at least 4 members (excludes halogenated alkanes) is 5. The van der Waals surface area contributed by atoms with Crippen molar-refractivity contribution in [1.29, 1.82) is 0 Å². The van der Waals surface area contributed by atoms with Crippen LogP contribution >= 0.6 is 0 Å². The maximum atomic E-state index is 12.4. The van der Waals surface area contributed by atoms with E-state index >= 15 is 0 Å². The van der Waals surface area contributed by atoms with Crippen molar-refractivity contribution in [2.75, 3.05) is 0 Å². The van der Waals surface area contributed by atoms with Crippen molar-refractivity contribution in [3.8, 4) is 0 Å². The van der Waals surface area contributed by atoms with E-state index in [1.165, 1.54) is 38.5 Å². The fourth-order valence-electron chi connectivity index (χ4n) is 2.71. The van der Waals surface area contributed by atoms with Gasteiger partial charge in [0.2, 0.25) is 5.91 Å². The van der Waals surface area contributed by atoms with Crippen molar-refractivity contribution < 1.29 is 4.79 Å². The monoisotopic (exact) mass is 269 g/mol. The molecule has 0 aromatic heterocycles. The molecule has 0 aliphatic heterocycles. The molecule has 1 atom stereocenters. The molecule has 0 aliphatic rings. The molecule has 0 fully saturated rings. The third-order valence-corrected chi connectivity index (χ3v) is 3.78. The Morgan fingerprint density at radius 2 is 1.32 bits per heavy atom. The van der Waals surface area contributed by atoms with Gasteiger partial charge in [-0.05, 0) is 34.1 Å². The Balaban J connectivity index is 3.98. The minimum absolute atomic E-state index is 0.177. The van der Waals surface area contributed by atoms with Gasteiger partial charge in [0.25, 0.3) is 0 Å². The van der Waals surface area contributed by atoms with Crippen LogP contribution in [0.4, 0.5) is 0 Å². The molecule has 19 heavy (non-hydrogen) atoms. The lowest BCUT2D eigenvalue weighted by molar-refractivity contribution is -0.138. The molecule has 0 aromatic carbocycles. The third-order valence-electron chi connectivity index (χ3n) is 3.78. The number of hydrogen-bond donors (Lipinski definition) is 0. The molecule has 0 radical (unpaired) electrons. The minimum atomic E-state index is 0.177. The highest BCUT2D eigenvalue weighted by atomic mass is 16.2. The molecule has 114 valence electrons. The second-order valence-electron chi connectivity index (χ2n) is 6.39. The van der Waals surface area contributed by atoms with Crippen LogP contribution in [0, 0.1) is 5.92 Å². The van der Waals surface area contributed by atoms with Crippen LogP contribution in [0.2, 0.25) is 0 Å². The predicted molar refractivity (Wildman–Crippen MR) is 84.3 cm³/mol. The molecule has 0 saturated carbocycles. The lowest BCUT2D eigenvalue weighted by atomic mass is 9.99. The molecule has 1 unspecified atom stereocenters. The van der Waals surface area contributed by atoms with Crippen LogP contribution in [-0.2, 0) is 4.79 Å². The van der Waals surface area contributed by atoms with Gasteiger partial charge >= 0.3 is 0 Å². The van der Waals surface area contributed by atoms with Gasteiger partial charge in [-0.1, -0.05) is 52.4 Å². The average molecular weight is 269 g/mol. The molecule has 0 N–H and O–H groups in total. The summed E-state index contributed by atoms with van der Waals surface area (Å²) >= 11 is 0. The molecular formula is C17H35NO. The molecule has 0 spiro atoms. The van der Waals surface area contributed by atoms with Crippen LogP contribution in [0.5, 0.6) is 0 Å². The minimum Gasteiger partial charge on any atom is -0.338 e. The van der Waals surface area contributed by atoms with Crippen LogP contribution in [0.3, 0.4) is 0 Å². The first-order valence-corrected chi connectivity index (χ1v) is 8.23. The molecule has 0 aromatic rings. The Labute approximate surface area is 120 Å². The summed E-state index contributed by atoms with van der Waals surface area (Å²) in [6.07, 6.45) is 8.84. The largest absolute Gasteiger partial charge is 0.338 e. The molecule has 1 amide bonds. The normalized spacial score (nSPS) is 13.1. The van der Waals surface area contributed by atoms with E-state index in [9.17, 15) is 4.79 Å². The first kappa shape index (κ1) is 18.5. The van der Waals surface area contributed by atoms with Crippen molar-refractivity contribution in [2.45, 2.75) is 98.6 Å².